The summed E-state index contributed by atoms with van der Waals surface area (Å²) in [5, 5.41) is 3.32. The molecule has 0 amide bonds. The molecule has 23 heavy (non-hydrogen) atoms. The first-order valence-electron chi connectivity index (χ1n) is 7.85. The van der Waals surface area contributed by atoms with E-state index in [-0.39, 0.29) is 11.9 Å². The van der Waals surface area contributed by atoms with E-state index < -0.39 is 0 Å². The summed E-state index contributed by atoms with van der Waals surface area (Å²) in [4.78, 5) is 11.1. The molecule has 0 spiro atoms. The summed E-state index contributed by atoms with van der Waals surface area (Å²) >= 11 is 0. The van der Waals surface area contributed by atoms with Gasteiger partial charge in [0.25, 0.3) is 0 Å². The van der Waals surface area contributed by atoms with Crippen molar-refractivity contribution in [3.8, 4) is 6.01 Å². The second-order valence-corrected chi connectivity index (χ2v) is 5.70. The standard InChI is InChI=1S/C17H21FN4O/c1-12-10-16(22-8-6-19-7-9-22)21-17(20-12)23-13(2)14-4-3-5-15(18)11-14/h3-5,10-11,13,19H,6-9H2,1-2H3. The third-order valence-corrected chi connectivity index (χ3v) is 3.86. The average molecular weight is 316 g/mol. The maximum absolute atomic E-state index is 13.3. The van der Waals surface area contributed by atoms with E-state index in [9.17, 15) is 4.39 Å². The molecule has 122 valence electrons. The van der Waals surface area contributed by atoms with Crippen molar-refractivity contribution in [2.24, 2.45) is 0 Å². The fraction of sp³-hybridized carbons (Fsp3) is 0.412. The Morgan fingerprint density at radius 2 is 2.00 bits per heavy atom. The van der Waals surface area contributed by atoms with Crippen LogP contribution >= 0.6 is 0 Å². The number of ether oxygens (including phenoxy) is 1. The van der Waals surface area contributed by atoms with Gasteiger partial charge in [0.15, 0.2) is 0 Å². The topological polar surface area (TPSA) is 50.3 Å². The van der Waals surface area contributed by atoms with Gasteiger partial charge in [-0.05, 0) is 31.5 Å². The van der Waals surface area contributed by atoms with Crippen LogP contribution in [-0.2, 0) is 0 Å². The minimum absolute atomic E-state index is 0.274. The lowest BCUT2D eigenvalue weighted by Gasteiger charge is -2.28. The van der Waals surface area contributed by atoms with Crippen molar-refractivity contribution in [1.82, 2.24) is 15.3 Å². The molecule has 1 aromatic heterocycles. The number of halogens is 1. The highest BCUT2D eigenvalue weighted by Crippen LogP contribution is 2.22. The molecule has 2 heterocycles. The molecule has 1 aliphatic heterocycles. The highest BCUT2D eigenvalue weighted by atomic mass is 19.1. The molecule has 3 rings (SSSR count). The third-order valence-electron chi connectivity index (χ3n) is 3.86. The number of rotatable bonds is 4. The number of nitrogens with zero attached hydrogens (tertiary/aromatic N) is 3. The van der Waals surface area contributed by atoms with E-state index in [2.05, 4.69) is 20.2 Å². The van der Waals surface area contributed by atoms with Gasteiger partial charge in [-0.3, -0.25) is 0 Å². The lowest BCUT2D eigenvalue weighted by molar-refractivity contribution is 0.206. The van der Waals surface area contributed by atoms with Gasteiger partial charge in [0.2, 0.25) is 0 Å². The molecule has 1 aromatic carbocycles. The Labute approximate surface area is 135 Å². The Kier molecular flexibility index (Phi) is 4.71. The van der Waals surface area contributed by atoms with Gasteiger partial charge in [-0.15, -0.1) is 0 Å². The van der Waals surface area contributed by atoms with E-state index in [0.717, 1.165) is 43.3 Å². The number of piperazine rings is 1. The van der Waals surface area contributed by atoms with Gasteiger partial charge in [0.1, 0.15) is 17.7 Å². The van der Waals surface area contributed by atoms with Gasteiger partial charge in [-0.2, -0.15) is 4.98 Å². The van der Waals surface area contributed by atoms with Crippen molar-refractivity contribution in [3.63, 3.8) is 0 Å². The quantitative estimate of drug-likeness (QED) is 0.939. The second-order valence-electron chi connectivity index (χ2n) is 5.70. The lowest BCUT2D eigenvalue weighted by atomic mass is 10.1. The van der Waals surface area contributed by atoms with Crippen LogP contribution in [0.4, 0.5) is 10.2 Å². The molecule has 1 aliphatic rings. The number of benzene rings is 1. The predicted molar refractivity (Wildman–Crippen MR) is 87.3 cm³/mol. The van der Waals surface area contributed by atoms with Crippen LogP contribution in [0.3, 0.4) is 0 Å². The molecule has 1 unspecified atom stereocenters. The van der Waals surface area contributed by atoms with Gasteiger partial charge in [-0.1, -0.05) is 12.1 Å². The lowest BCUT2D eigenvalue weighted by Crippen LogP contribution is -2.44. The van der Waals surface area contributed by atoms with Gasteiger partial charge in [0.05, 0.1) is 0 Å². The van der Waals surface area contributed by atoms with Crippen molar-refractivity contribution < 1.29 is 9.13 Å². The summed E-state index contributed by atoms with van der Waals surface area (Å²) < 4.78 is 19.2. The number of nitrogens with one attached hydrogen (secondary N) is 1. The van der Waals surface area contributed by atoms with E-state index in [1.54, 1.807) is 6.07 Å². The number of aromatic nitrogens is 2. The normalized spacial score (nSPS) is 16.2. The van der Waals surface area contributed by atoms with Crippen LogP contribution in [0, 0.1) is 12.7 Å². The number of hydrogen-bond acceptors (Lipinski definition) is 5. The number of aryl methyl sites for hydroxylation is 1. The number of anilines is 1. The Hall–Kier alpha value is -2.21. The fourth-order valence-corrected chi connectivity index (χ4v) is 2.62. The van der Waals surface area contributed by atoms with E-state index in [1.807, 2.05) is 26.0 Å². The Balaban J connectivity index is 1.78. The maximum Gasteiger partial charge on any atom is 0.319 e. The smallest absolute Gasteiger partial charge is 0.319 e. The Morgan fingerprint density at radius 1 is 1.22 bits per heavy atom. The molecule has 6 heteroatoms. The minimum Gasteiger partial charge on any atom is -0.456 e. The van der Waals surface area contributed by atoms with E-state index >= 15 is 0 Å². The molecular formula is C17H21FN4O. The van der Waals surface area contributed by atoms with Crippen molar-refractivity contribution >= 4 is 5.82 Å². The summed E-state index contributed by atoms with van der Waals surface area (Å²) in [6, 6.07) is 8.69. The molecule has 1 atom stereocenters. The molecule has 1 fully saturated rings. The molecule has 0 saturated carbocycles. The van der Waals surface area contributed by atoms with Crippen LogP contribution in [0.15, 0.2) is 30.3 Å². The molecule has 0 radical (unpaired) electrons. The second kappa shape index (κ2) is 6.91. The summed E-state index contributed by atoms with van der Waals surface area (Å²) in [6.07, 6.45) is -0.316. The van der Waals surface area contributed by atoms with Crippen LogP contribution in [0.5, 0.6) is 6.01 Å². The zero-order valence-electron chi connectivity index (χ0n) is 13.4. The molecule has 5 nitrogen and oxygen atoms in total. The molecule has 1 saturated heterocycles. The summed E-state index contributed by atoms with van der Waals surface area (Å²) in [5.41, 5.74) is 1.62. The maximum atomic E-state index is 13.3. The van der Waals surface area contributed by atoms with Gasteiger partial charge >= 0.3 is 6.01 Å². The first kappa shape index (κ1) is 15.7. The largest absolute Gasteiger partial charge is 0.456 e. The van der Waals surface area contributed by atoms with Gasteiger partial charge < -0.3 is 15.0 Å². The molecular weight excluding hydrogens is 295 g/mol. The number of hydrogen-bond donors (Lipinski definition) is 1. The van der Waals surface area contributed by atoms with Crippen molar-refractivity contribution in [2.45, 2.75) is 20.0 Å². The molecule has 0 aliphatic carbocycles. The summed E-state index contributed by atoms with van der Waals surface area (Å²) in [7, 11) is 0. The monoisotopic (exact) mass is 316 g/mol. The first-order valence-corrected chi connectivity index (χ1v) is 7.85. The Morgan fingerprint density at radius 3 is 2.74 bits per heavy atom. The van der Waals surface area contributed by atoms with Crippen LogP contribution in [-0.4, -0.2) is 36.1 Å². The summed E-state index contributed by atoms with van der Waals surface area (Å²) in [6.45, 7) is 7.50. The minimum atomic E-state index is -0.316. The zero-order chi connectivity index (χ0) is 16.2. The summed E-state index contributed by atoms with van der Waals surface area (Å²) in [5.74, 6) is 0.602. The highest BCUT2D eigenvalue weighted by Gasteiger charge is 2.16. The average Bonchev–Trinajstić information content (AvgIpc) is 2.55. The van der Waals surface area contributed by atoms with Crippen molar-refractivity contribution in [2.75, 3.05) is 31.1 Å². The van der Waals surface area contributed by atoms with Crippen molar-refractivity contribution in [1.29, 1.82) is 0 Å². The van der Waals surface area contributed by atoms with Crippen LogP contribution < -0.4 is 15.0 Å². The molecule has 2 aromatic rings. The fourth-order valence-electron chi connectivity index (χ4n) is 2.62. The van der Waals surface area contributed by atoms with Gasteiger partial charge in [0, 0.05) is 37.9 Å². The van der Waals surface area contributed by atoms with E-state index in [1.165, 1.54) is 12.1 Å². The molecule has 0 bridgehead atoms. The highest BCUT2D eigenvalue weighted by molar-refractivity contribution is 5.41. The Bertz CT molecular complexity index is 673. The zero-order valence-corrected chi connectivity index (χ0v) is 13.4. The van der Waals surface area contributed by atoms with E-state index in [4.69, 9.17) is 4.74 Å². The van der Waals surface area contributed by atoms with Crippen molar-refractivity contribution in [3.05, 3.63) is 47.4 Å². The molecule has 1 N–H and O–H groups in total. The SMILES string of the molecule is Cc1cc(N2CCNCC2)nc(OC(C)c2cccc(F)c2)n1. The predicted octanol–water partition coefficient (Wildman–Crippen LogP) is 2.47. The van der Waals surface area contributed by atoms with E-state index in [0.29, 0.717) is 6.01 Å². The van der Waals surface area contributed by atoms with Gasteiger partial charge in [-0.25, -0.2) is 9.37 Å². The van der Waals surface area contributed by atoms with Crippen LogP contribution in [0.25, 0.3) is 0 Å². The van der Waals surface area contributed by atoms with Crippen LogP contribution in [0.2, 0.25) is 0 Å². The first-order chi connectivity index (χ1) is 11.1. The third kappa shape index (κ3) is 3.96. The van der Waals surface area contributed by atoms with Crippen LogP contribution in [0.1, 0.15) is 24.3 Å².